The number of nitrogens with zero attached hydrogens (tertiary/aromatic N) is 1. The molecule has 16 heavy (non-hydrogen) atoms. The van der Waals surface area contributed by atoms with Crippen molar-refractivity contribution in [2.24, 2.45) is 11.8 Å². The zero-order valence-corrected chi connectivity index (χ0v) is 11.2. The Morgan fingerprint density at radius 1 is 0.938 bits per heavy atom. The van der Waals surface area contributed by atoms with Gasteiger partial charge in [0.25, 0.3) is 0 Å². The van der Waals surface area contributed by atoms with Crippen LogP contribution in [0.2, 0.25) is 0 Å². The number of likely N-dealkylation sites (tertiary alicyclic amines) is 1. The zero-order chi connectivity index (χ0) is 11.5. The molecular weight excluding hydrogens is 196 g/mol. The maximum atomic E-state index is 3.42. The van der Waals surface area contributed by atoms with E-state index in [-0.39, 0.29) is 0 Å². The van der Waals surface area contributed by atoms with Crippen molar-refractivity contribution in [3.63, 3.8) is 0 Å². The number of hydrogen-bond acceptors (Lipinski definition) is 2. The van der Waals surface area contributed by atoms with Gasteiger partial charge in [-0.3, -0.25) is 0 Å². The number of rotatable bonds is 2. The molecule has 0 aromatic rings. The van der Waals surface area contributed by atoms with E-state index in [2.05, 4.69) is 31.1 Å². The van der Waals surface area contributed by atoms with Crippen LogP contribution in [-0.4, -0.2) is 37.1 Å². The Hall–Kier alpha value is -0.0800. The first-order chi connectivity index (χ1) is 7.70. The Balaban J connectivity index is 1.81. The lowest BCUT2D eigenvalue weighted by Crippen LogP contribution is -2.47. The molecule has 0 bridgehead atoms. The quantitative estimate of drug-likeness (QED) is 0.775. The molecule has 2 nitrogen and oxygen atoms in total. The third-order valence-electron chi connectivity index (χ3n) is 5.02. The highest BCUT2D eigenvalue weighted by atomic mass is 15.2. The molecule has 0 spiro atoms. The molecule has 1 N–H and O–H groups in total. The molecule has 0 amide bonds. The fourth-order valence-corrected chi connectivity index (χ4v) is 3.40. The topological polar surface area (TPSA) is 15.3 Å². The normalized spacial score (nSPS) is 38.8. The summed E-state index contributed by atoms with van der Waals surface area (Å²) in [5, 5.41) is 3.42. The van der Waals surface area contributed by atoms with Crippen molar-refractivity contribution in [1.29, 1.82) is 0 Å². The molecule has 2 heteroatoms. The Bertz CT molecular complexity index is 209. The van der Waals surface area contributed by atoms with Crippen molar-refractivity contribution in [2.45, 2.75) is 58.0 Å². The molecule has 3 unspecified atom stereocenters. The third kappa shape index (κ3) is 2.78. The first-order valence-corrected chi connectivity index (χ1v) is 7.12. The SMILES string of the molecule is CNC1CCN(C2CCC(C)C(C)C2)CC1. The van der Waals surface area contributed by atoms with Crippen LogP contribution in [0, 0.1) is 11.8 Å². The van der Waals surface area contributed by atoms with Gasteiger partial charge in [-0.2, -0.15) is 0 Å². The summed E-state index contributed by atoms with van der Waals surface area (Å²) in [4.78, 5) is 2.76. The minimum absolute atomic E-state index is 0.774. The number of hydrogen-bond donors (Lipinski definition) is 1. The molecule has 3 atom stereocenters. The highest BCUT2D eigenvalue weighted by Crippen LogP contribution is 2.33. The summed E-state index contributed by atoms with van der Waals surface area (Å²) >= 11 is 0. The lowest BCUT2D eigenvalue weighted by Gasteiger charge is -2.42. The molecule has 2 fully saturated rings. The molecule has 1 saturated carbocycles. The third-order valence-corrected chi connectivity index (χ3v) is 5.02. The van der Waals surface area contributed by atoms with Crippen LogP contribution in [0.4, 0.5) is 0 Å². The average Bonchev–Trinajstić information content (AvgIpc) is 2.33. The predicted octanol–water partition coefficient (Wildman–Crippen LogP) is 2.49. The molecule has 1 aliphatic heterocycles. The van der Waals surface area contributed by atoms with Crippen molar-refractivity contribution in [3.05, 3.63) is 0 Å². The second-order valence-corrected chi connectivity index (χ2v) is 6.02. The van der Waals surface area contributed by atoms with E-state index in [0.717, 1.165) is 23.9 Å². The van der Waals surface area contributed by atoms with E-state index >= 15 is 0 Å². The molecule has 1 aliphatic carbocycles. The standard InChI is InChI=1S/C14H28N2/c1-11-4-5-14(10-12(11)2)16-8-6-13(15-3)7-9-16/h11-15H,4-10H2,1-3H3. The van der Waals surface area contributed by atoms with Crippen molar-refractivity contribution >= 4 is 0 Å². The molecule has 0 aromatic heterocycles. The van der Waals surface area contributed by atoms with Gasteiger partial charge < -0.3 is 10.2 Å². The summed E-state index contributed by atoms with van der Waals surface area (Å²) in [6, 6.07) is 1.67. The van der Waals surface area contributed by atoms with Crippen LogP contribution in [0.15, 0.2) is 0 Å². The van der Waals surface area contributed by atoms with Crippen LogP contribution in [0.3, 0.4) is 0 Å². The maximum absolute atomic E-state index is 3.42. The molecule has 2 rings (SSSR count). The van der Waals surface area contributed by atoms with E-state index in [4.69, 9.17) is 0 Å². The van der Waals surface area contributed by atoms with Gasteiger partial charge in [0.1, 0.15) is 0 Å². The predicted molar refractivity (Wildman–Crippen MR) is 69.6 cm³/mol. The first kappa shape index (κ1) is 12.4. The van der Waals surface area contributed by atoms with E-state index < -0.39 is 0 Å². The Kier molecular flexibility index (Phi) is 4.26. The lowest BCUT2D eigenvalue weighted by atomic mass is 9.78. The van der Waals surface area contributed by atoms with Crippen LogP contribution in [-0.2, 0) is 0 Å². The average molecular weight is 224 g/mol. The molecule has 0 aromatic carbocycles. The van der Waals surface area contributed by atoms with E-state index in [1.54, 1.807) is 0 Å². The van der Waals surface area contributed by atoms with Gasteiger partial charge in [-0.25, -0.2) is 0 Å². The maximum Gasteiger partial charge on any atom is 0.00980 e. The lowest BCUT2D eigenvalue weighted by molar-refractivity contribution is 0.0833. The Morgan fingerprint density at radius 2 is 1.62 bits per heavy atom. The minimum atomic E-state index is 0.774. The number of piperidine rings is 1. The smallest absolute Gasteiger partial charge is 0.00980 e. The van der Waals surface area contributed by atoms with Gasteiger partial charge in [0.15, 0.2) is 0 Å². The Morgan fingerprint density at radius 3 is 2.19 bits per heavy atom. The molecular formula is C14H28N2. The molecule has 1 heterocycles. The molecule has 94 valence electrons. The van der Waals surface area contributed by atoms with E-state index in [9.17, 15) is 0 Å². The second kappa shape index (κ2) is 5.50. The fraction of sp³-hybridized carbons (Fsp3) is 1.00. The van der Waals surface area contributed by atoms with E-state index in [0.29, 0.717) is 0 Å². The second-order valence-electron chi connectivity index (χ2n) is 6.02. The molecule has 2 aliphatic rings. The fourth-order valence-electron chi connectivity index (χ4n) is 3.40. The highest BCUT2D eigenvalue weighted by Gasteiger charge is 2.30. The highest BCUT2D eigenvalue weighted by molar-refractivity contribution is 4.85. The van der Waals surface area contributed by atoms with Gasteiger partial charge in [0.2, 0.25) is 0 Å². The number of nitrogens with one attached hydrogen (secondary N) is 1. The summed E-state index contributed by atoms with van der Waals surface area (Å²) < 4.78 is 0. The van der Waals surface area contributed by atoms with Gasteiger partial charge in [-0.05, 0) is 64.1 Å². The molecule has 1 saturated heterocycles. The summed E-state index contributed by atoms with van der Waals surface area (Å²) in [6.45, 7) is 7.50. The van der Waals surface area contributed by atoms with Crippen molar-refractivity contribution < 1.29 is 0 Å². The van der Waals surface area contributed by atoms with E-state index in [1.165, 1.54) is 45.2 Å². The summed E-state index contributed by atoms with van der Waals surface area (Å²) in [7, 11) is 2.10. The summed E-state index contributed by atoms with van der Waals surface area (Å²) in [5.41, 5.74) is 0. The van der Waals surface area contributed by atoms with Crippen LogP contribution in [0.1, 0.15) is 46.0 Å². The van der Waals surface area contributed by atoms with E-state index in [1.807, 2.05) is 0 Å². The van der Waals surface area contributed by atoms with Crippen LogP contribution < -0.4 is 5.32 Å². The monoisotopic (exact) mass is 224 g/mol. The summed E-state index contributed by atoms with van der Waals surface area (Å²) in [6.07, 6.45) is 7.01. The van der Waals surface area contributed by atoms with Gasteiger partial charge in [0.05, 0.1) is 0 Å². The van der Waals surface area contributed by atoms with Gasteiger partial charge >= 0.3 is 0 Å². The van der Waals surface area contributed by atoms with Crippen molar-refractivity contribution in [3.8, 4) is 0 Å². The first-order valence-electron chi connectivity index (χ1n) is 7.12. The Labute approximate surface area is 101 Å². The van der Waals surface area contributed by atoms with Gasteiger partial charge in [-0.1, -0.05) is 13.8 Å². The summed E-state index contributed by atoms with van der Waals surface area (Å²) in [5.74, 6) is 1.88. The van der Waals surface area contributed by atoms with Crippen molar-refractivity contribution in [1.82, 2.24) is 10.2 Å². The largest absolute Gasteiger partial charge is 0.317 e. The zero-order valence-electron chi connectivity index (χ0n) is 11.2. The van der Waals surface area contributed by atoms with Crippen LogP contribution in [0.25, 0.3) is 0 Å². The minimum Gasteiger partial charge on any atom is -0.317 e. The van der Waals surface area contributed by atoms with Gasteiger partial charge in [-0.15, -0.1) is 0 Å². The van der Waals surface area contributed by atoms with Crippen molar-refractivity contribution in [2.75, 3.05) is 20.1 Å². The van der Waals surface area contributed by atoms with Crippen LogP contribution >= 0.6 is 0 Å². The molecule has 0 radical (unpaired) electrons. The van der Waals surface area contributed by atoms with Crippen LogP contribution in [0.5, 0.6) is 0 Å². The van der Waals surface area contributed by atoms with Gasteiger partial charge in [0, 0.05) is 12.1 Å².